The van der Waals surface area contributed by atoms with Crippen LogP contribution in [0.5, 0.6) is 23.0 Å². The van der Waals surface area contributed by atoms with Crippen LogP contribution in [-0.2, 0) is 0 Å². The summed E-state index contributed by atoms with van der Waals surface area (Å²) in [6.07, 6.45) is 0.321. The Morgan fingerprint density at radius 1 is 0.433 bits per heavy atom. The average molecular weight is 927 g/mol. The second-order valence-electron chi connectivity index (χ2n) is 18.3. The molecule has 8 aromatic rings. The molecule has 0 amide bonds. The first-order valence-electron chi connectivity index (χ1n) is 22.1. The summed E-state index contributed by atoms with van der Waals surface area (Å²) < 4.78 is 44.4. The van der Waals surface area contributed by atoms with E-state index in [1.165, 1.54) is 24.3 Å². The van der Waals surface area contributed by atoms with Gasteiger partial charge in [0.1, 0.15) is 45.8 Å². The average Bonchev–Trinajstić information content (AvgIpc) is 3.29. The van der Waals surface area contributed by atoms with Gasteiger partial charge in [-0.05, 0) is 162 Å². The molecule has 2 aliphatic rings. The van der Waals surface area contributed by atoms with Crippen LogP contribution in [0.3, 0.4) is 0 Å². The van der Waals surface area contributed by atoms with Crippen LogP contribution < -0.4 is 19.3 Å². The van der Waals surface area contributed by atoms with Crippen LogP contribution in [0, 0.1) is 25.5 Å². The number of hydrogen-bond acceptors (Lipinski definition) is 8. The first kappa shape index (κ1) is 44.0. The van der Waals surface area contributed by atoms with Crippen LogP contribution in [-0.4, -0.2) is 21.4 Å². The minimum Gasteiger partial charge on any atom is -0.505 e. The van der Waals surface area contributed by atoms with Crippen molar-refractivity contribution in [3.63, 3.8) is 0 Å². The molecule has 0 aliphatic carbocycles. The summed E-state index contributed by atoms with van der Waals surface area (Å²) in [5.41, 5.74) is 6.36. The van der Waals surface area contributed by atoms with E-state index >= 15 is 8.78 Å². The second kappa shape index (κ2) is 17.1. The summed E-state index contributed by atoms with van der Waals surface area (Å²) in [5.74, 6) is -0.229. The third-order valence-corrected chi connectivity index (χ3v) is 14.2. The van der Waals surface area contributed by atoms with Gasteiger partial charge in [0, 0.05) is 48.3 Å². The number of nitrogens with zero attached hydrogens (tertiary/aromatic N) is 2. The molecule has 8 aromatic carbocycles. The number of aryl methyl sites for hydroxylation is 2. The predicted molar refractivity (Wildman–Crippen MR) is 268 cm³/mol. The summed E-state index contributed by atoms with van der Waals surface area (Å²) in [4.78, 5) is 8.31. The smallest absolute Gasteiger partial charge is 0.147 e. The fourth-order valence-electron chi connectivity index (χ4n) is 9.50. The van der Waals surface area contributed by atoms with Crippen molar-refractivity contribution in [1.29, 1.82) is 0 Å². The number of anilines is 6. The number of rotatable bonds is 10. The molecule has 2 aliphatic heterocycles. The Morgan fingerprint density at radius 2 is 0.761 bits per heavy atom. The highest BCUT2D eigenvalue weighted by Gasteiger charge is 2.35. The summed E-state index contributed by atoms with van der Waals surface area (Å²) in [5, 5.41) is 24.6. The van der Waals surface area contributed by atoms with E-state index in [0.29, 0.717) is 51.5 Å². The molecule has 336 valence electrons. The van der Waals surface area contributed by atoms with E-state index in [-0.39, 0.29) is 11.5 Å². The number of fused-ring (bicyclic) bond motifs is 4. The lowest BCUT2D eigenvalue weighted by Gasteiger charge is -2.37. The van der Waals surface area contributed by atoms with E-state index in [1.807, 2.05) is 139 Å². The number of halogens is 2. The maximum absolute atomic E-state index is 15.4. The Labute approximate surface area is 398 Å². The van der Waals surface area contributed by atoms with Crippen molar-refractivity contribution in [3.05, 3.63) is 180 Å². The van der Waals surface area contributed by atoms with Crippen molar-refractivity contribution < 1.29 is 28.5 Å². The fourth-order valence-corrected chi connectivity index (χ4v) is 11.6. The lowest BCUT2D eigenvalue weighted by atomic mass is 9.91. The zero-order valence-electron chi connectivity index (χ0n) is 37.9. The minimum absolute atomic E-state index is 0.0157. The third kappa shape index (κ3) is 8.45. The molecule has 6 nitrogen and oxygen atoms in total. The Balaban J connectivity index is 0.971. The zero-order chi connectivity index (χ0) is 46.8. The van der Waals surface area contributed by atoms with Gasteiger partial charge in [0.2, 0.25) is 0 Å². The molecule has 2 N–H and O–H groups in total. The minimum atomic E-state index is -0.924. The van der Waals surface area contributed by atoms with Crippen molar-refractivity contribution >= 4 is 57.6 Å². The van der Waals surface area contributed by atoms with Gasteiger partial charge < -0.3 is 29.5 Å². The number of benzene rings is 8. The van der Waals surface area contributed by atoms with Gasteiger partial charge in [-0.15, -0.1) is 0 Å². The van der Waals surface area contributed by atoms with E-state index in [0.717, 1.165) is 53.5 Å². The van der Waals surface area contributed by atoms with Gasteiger partial charge in [0.25, 0.3) is 0 Å². The molecule has 10 rings (SSSR count). The van der Waals surface area contributed by atoms with Crippen LogP contribution in [0.15, 0.2) is 177 Å². The molecule has 0 radical (unpaired) electrons. The lowest BCUT2D eigenvalue weighted by Crippen LogP contribution is -2.41. The molecule has 0 bridgehead atoms. The van der Waals surface area contributed by atoms with Gasteiger partial charge in [0.05, 0.1) is 34.1 Å². The highest BCUT2D eigenvalue weighted by atomic mass is 32.2. The molecule has 0 saturated carbocycles. The second-order valence-corrected chi connectivity index (χ2v) is 20.5. The molecule has 0 unspecified atom stereocenters. The molecule has 0 aromatic heterocycles. The van der Waals surface area contributed by atoms with Crippen molar-refractivity contribution in [2.75, 3.05) is 9.80 Å². The monoisotopic (exact) mass is 926 g/mol. The summed E-state index contributed by atoms with van der Waals surface area (Å²) in [7, 11) is 0. The van der Waals surface area contributed by atoms with E-state index in [4.69, 9.17) is 9.47 Å². The van der Waals surface area contributed by atoms with Crippen molar-refractivity contribution in [3.8, 4) is 45.3 Å². The molecule has 0 spiro atoms. The SMILES string of the molecule is Cc1cc(-c2cc(F)ccc2OC(C)(C)CC(C)(C)Oc2ccc(F)cc2-c2cc(C)cc(N3c4ccccc4Sc4ccccc43)c2O)c(O)c(N2c3ccccc3Sc3ccccc32)c1. The number of hydrogen-bond donors (Lipinski definition) is 2. The van der Waals surface area contributed by atoms with Gasteiger partial charge in [-0.3, -0.25) is 0 Å². The number of phenolic OH excluding ortho intramolecular Hbond substituents is 2. The Morgan fingerprint density at radius 3 is 1.10 bits per heavy atom. The van der Waals surface area contributed by atoms with Crippen LogP contribution in [0.25, 0.3) is 22.3 Å². The van der Waals surface area contributed by atoms with E-state index in [2.05, 4.69) is 34.1 Å². The number of ether oxygens (including phenoxy) is 2. The van der Waals surface area contributed by atoms with E-state index < -0.39 is 22.8 Å². The highest BCUT2D eigenvalue weighted by Crippen LogP contribution is 2.57. The number of aromatic hydroxyl groups is 2. The molecule has 2 heterocycles. The Hall–Kier alpha value is -6.88. The van der Waals surface area contributed by atoms with E-state index in [9.17, 15) is 10.2 Å². The first-order chi connectivity index (χ1) is 32.1. The van der Waals surface area contributed by atoms with Gasteiger partial charge >= 0.3 is 0 Å². The first-order valence-corrected chi connectivity index (χ1v) is 23.7. The Bertz CT molecular complexity index is 2940. The third-order valence-electron chi connectivity index (χ3n) is 11.9. The van der Waals surface area contributed by atoms with Crippen LogP contribution in [0.2, 0.25) is 0 Å². The van der Waals surface area contributed by atoms with Gasteiger partial charge in [0.15, 0.2) is 0 Å². The Kier molecular flexibility index (Phi) is 11.2. The topological polar surface area (TPSA) is 65.4 Å². The summed E-state index contributed by atoms with van der Waals surface area (Å²) >= 11 is 3.35. The molecular weight excluding hydrogens is 879 g/mol. The summed E-state index contributed by atoms with van der Waals surface area (Å²) in [6.45, 7) is 11.6. The molecule has 10 heteroatoms. The van der Waals surface area contributed by atoms with Crippen molar-refractivity contribution in [2.45, 2.75) is 78.7 Å². The largest absolute Gasteiger partial charge is 0.505 e. The number of para-hydroxylation sites is 4. The quantitative estimate of drug-likeness (QED) is 0.141. The van der Waals surface area contributed by atoms with Crippen molar-refractivity contribution in [2.24, 2.45) is 0 Å². The molecule has 0 atom stereocenters. The van der Waals surface area contributed by atoms with Crippen LogP contribution in [0.1, 0.15) is 45.2 Å². The van der Waals surface area contributed by atoms with Gasteiger partial charge in [-0.1, -0.05) is 72.1 Å². The maximum atomic E-state index is 15.4. The zero-order valence-corrected chi connectivity index (χ0v) is 39.5. The van der Waals surface area contributed by atoms with Crippen molar-refractivity contribution in [1.82, 2.24) is 0 Å². The fraction of sp³-hybridized carbons (Fsp3) is 0.158. The lowest BCUT2D eigenvalue weighted by molar-refractivity contribution is 0.00552. The highest BCUT2D eigenvalue weighted by molar-refractivity contribution is 8.00. The van der Waals surface area contributed by atoms with Gasteiger partial charge in [-0.25, -0.2) is 8.78 Å². The molecule has 67 heavy (non-hydrogen) atoms. The molecule has 0 fully saturated rings. The molecular formula is C57H48F2N2O4S2. The predicted octanol–water partition coefficient (Wildman–Crippen LogP) is 16.6. The molecule has 0 saturated heterocycles. The maximum Gasteiger partial charge on any atom is 0.147 e. The summed E-state index contributed by atoms with van der Waals surface area (Å²) in [6, 6.07) is 48.6. The van der Waals surface area contributed by atoms with E-state index in [1.54, 1.807) is 35.7 Å². The van der Waals surface area contributed by atoms with Crippen LogP contribution in [0.4, 0.5) is 42.9 Å². The standard InChI is InChI=1S/C57H48F2N2O4S2/c1-34-27-40(54(62)46(29-34)60-42-15-7-11-19-50(42)66-51-20-12-8-16-43(51)60)38-31-36(58)23-25-48(38)64-56(3,4)33-57(5,6)65-49-26-24-37(59)32-39(49)41-28-35(2)30-47(55(41)63)61-44-17-9-13-21-52(44)67-53-22-14-10-18-45(53)61/h7-32,62-63H,33H2,1-6H3. The normalized spacial score (nSPS) is 13.1. The number of phenols is 2. The van der Waals surface area contributed by atoms with Gasteiger partial charge in [-0.2, -0.15) is 0 Å². The van der Waals surface area contributed by atoms with Crippen LogP contribution >= 0.6 is 23.5 Å².